The molecule has 0 amide bonds. The van der Waals surface area contributed by atoms with Crippen LogP contribution in [0, 0.1) is 6.92 Å². The Labute approximate surface area is 122 Å². The summed E-state index contributed by atoms with van der Waals surface area (Å²) in [7, 11) is 0. The lowest BCUT2D eigenvalue weighted by atomic mass is 10.2. The third kappa shape index (κ3) is 2.94. The molecular formula is C15H17N5O. The molecule has 0 spiro atoms. The first kappa shape index (κ1) is 13.4. The Balaban J connectivity index is 1.83. The van der Waals surface area contributed by atoms with Gasteiger partial charge < -0.3 is 11.1 Å². The molecule has 0 atom stereocenters. The van der Waals surface area contributed by atoms with Crippen molar-refractivity contribution < 1.29 is 0 Å². The van der Waals surface area contributed by atoms with Crippen LogP contribution < -0.4 is 16.6 Å². The van der Waals surface area contributed by atoms with E-state index in [4.69, 9.17) is 5.73 Å². The van der Waals surface area contributed by atoms with E-state index in [0.717, 1.165) is 36.2 Å². The zero-order valence-electron chi connectivity index (χ0n) is 11.8. The molecule has 0 bridgehead atoms. The maximum absolute atomic E-state index is 11.9. The van der Waals surface area contributed by atoms with Crippen LogP contribution in [0.5, 0.6) is 0 Å². The number of aliphatic imine (C=N–C) groups is 1. The number of anilines is 1. The SMILES string of the molecule is Cc1ccc(NC(N)=Nc2nc3c(c(=O)[nH]2)CCC3)cc1. The van der Waals surface area contributed by atoms with Crippen LogP contribution in [0.25, 0.3) is 0 Å². The monoisotopic (exact) mass is 283 g/mol. The quantitative estimate of drug-likeness (QED) is 0.576. The zero-order chi connectivity index (χ0) is 14.8. The second-order valence-corrected chi connectivity index (χ2v) is 5.16. The van der Waals surface area contributed by atoms with Crippen molar-refractivity contribution in [2.75, 3.05) is 5.32 Å². The second-order valence-electron chi connectivity index (χ2n) is 5.16. The van der Waals surface area contributed by atoms with Crippen LogP contribution in [0.4, 0.5) is 11.6 Å². The van der Waals surface area contributed by atoms with Crippen molar-refractivity contribution in [2.24, 2.45) is 10.7 Å². The number of hydrogen-bond acceptors (Lipinski definition) is 3. The predicted molar refractivity (Wildman–Crippen MR) is 83.0 cm³/mol. The number of fused-ring (bicyclic) bond motifs is 1. The van der Waals surface area contributed by atoms with E-state index in [9.17, 15) is 4.79 Å². The summed E-state index contributed by atoms with van der Waals surface area (Å²) < 4.78 is 0. The molecule has 108 valence electrons. The van der Waals surface area contributed by atoms with Gasteiger partial charge in [-0.05, 0) is 38.3 Å². The third-order valence-electron chi connectivity index (χ3n) is 3.48. The number of hydrogen-bond donors (Lipinski definition) is 3. The summed E-state index contributed by atoms with van der Waals surface area (Å²) in [5.41, 5.74) is 9.35. The van der Waals surface area contributed by atoms with Gasteiger partial charge in [-0.25, -0.2) is 4.98 Å². The number of aryl methyl sites for hydroxylation is 2. The molecule has 21 heavy (non-hydrogen) atoms. The largest absolute Gasteiger partial charge is 0.369 e. The average Bonchev–Trinajstić information content (AvgIpc) is 2.90. The van der Waals surface area contributed by atoms with Crippen LogP contribution in [0.15, 0.2) is 34.1 Å². The fourth-order valence-electron chi connectivity index (χ4n) is 2.41. The molecule has 1 heterocycles. The molecule has 1 aliphatic rings. The first-order chi connectivity index (χ1) is 10.1. The number of nitrogens with one attached hydrogen (secondary N) is 2. The molecule has 6 nitrogen and oxygen atoms in total. The summed E-state index contributed by atoms with van der Waals surface area (Å²) in [4.78, 5) is 23.0. The second kappa shape index (κ2) is 5.40. The highest BCUT2D eigenvalue weighted by Crippen LogP contribution is 2.17. The van der Waals surface area contributed by atoms with Crippen LogP contribution in [-0.4, -0.2) is 15.9 Å². The highest BCUT2D eigenvalue weighted by Gasteiger charge is 2.16. The Hall–Kier alpha value is -2.63. The Bertz CT molecular complexity index is 746. The molecular weight excluding hydrogens is 266 g/mol. The summed E-state index contributed by atoms with van der Waals surface area (Å²) >= 11 is 0. The summed E-state index contributed by atoms with van der Waals surface area (Å²) in [5.74, 6) is 0.442. The minimum absolute atomic E-state index is 0.112. The van der Waals surface area contributed by atoms with Gasteiger partial charge in [0.25, 0.3) is 5.56 Å². The average molecular weight is 283 g/mol. The number of nitrogens with two attached hydrogens (primary N) is 1. The molecule has 4 N–H and O–H groups in total. The van der Waals surface area contributed by atoms with Gasteiger partial charge >= 0.3 is 0 Å². The number of nitrogens with zero attached hydrogens (tertiary/aromatic N) is 2. The Morgan fingerprint density at radius 3 is 2.86 bits per heavy atom. The van der Waals surface area contributed by atoms with Crippen LogP contribution in [0.3, 0.4) is 0 Å². The first-order valence-electron chi connectivity index (χ1n) is 6.92. The van der Waals surface area contributed by atoms with E-state index in [-0.39, 0.29) is 17.5 Å². The van der Waals surface area contributed by atoms with Crippen LogP contribution >= 0.6 is 0 Å². The van der Waals surface area contributed by atoms with Gasteiger partial charge in [0.15, 0.2) is 0 Å². The summed E-state index contributed by atoms with van der Waals surface area (Å²) in [6.07, 6.45) is 2.58. The maximum Gasteiger partial charge on any atom is 0.255 e. The lowest BCUT2D eigenvalue weighted by Gasteiger charge is -2.06. The minimum atomic E-state index is -0.112. The molecule has 1 aromatic carbocycles. The van der Waals surface area contributed by atoms with E-state index >= 15 is 0 Å². The molecule has 0 saturated heterocycles. The number of aromatic nitrogens is 2. The predicted octanol–water partition coefficient (Wildman–Crippen LogP) is 1.63. The normalized spacial score (nSPS) is 14.0. The van der Waals surface area contributed by atoms with Crippen molar-refractivity contribution in [1.29, 1.82) is 0 Å². The smallest absolute Gasteiger partial charge is 0.255 e. The van der Waals surface area contributed by atoms with E-state index in [0.29, 0.717) is 0 Å². The molecule has 0 radical (unpaired) electrons. The van der Waals surface area contributed by atoms with E-state index in [2.05, 4.69) is 20.3 Å². The molecule has 0 unspecified atom stereocenters. The van der Waals surface area contributed by atoms with E-state index in [1.165, 1.54) is 5.56 Å². The van der Waals surface area contributed by atoms with Crippen molar-refractivity contribution in [1.82, 2.24) is 9.97 Å². The Morgan fingerprint density at radius 2 is 2.10 bits per heavy atom. The summed E-state index contributed by atoms with van der Waals surface area (Å²) in [6, 6.07) is 7.78. The molecule has 0 aliphatic heterocycles. The molecule has 0 saturated carbocycles. The standard InChI is InChI=1S/C15H17N5O/c1-9-5-7-10(8-6-9)17-14(16)20-15-18-12-4-2-3-11(12)13(21)19-15/h5-8H,2-4H2,1H3,(H4,16,17,18,19,20,21). The molecule has 0 fully saturated rings. The van der Waals surface area contributed by atoms with E-state index in [1.54, 1.807) is 0 Å². The lowest BCUT2D eigenvalue weighted by Crippen LogP contribution is -2.23. The number of H-pyrrole nitrogens is 1. The number of benzene rings is 1. The molecule has 2 aromatic rings. The number of aromatic amines is 1. The fourth-order valence-corrected chi connectivity index (χ4v) is 2.41. The van der Waals surface area contributed by atoms with Crippen LogP contribution in [-0.2, 0) is 12.8 Å². The Kier molecular flexibility index (Phi) is 3.43. The van der Waals surface area contributed by atoms with Crippen molar-refractivity contribution >= 4 is 17.6 Å². The zero-order valence-corrected chi connectivity index (χ0v) is 11.8. The van der Waals surface area contributed by atoms with Gasteiger partial charge in [0.2, 0.25) is 11.9 Å². The third-order valence-corrected chi connectivity index (χ3v) is 3.48. The molecule has 6 heteroatoms. The maximum atomic E-state index is 11.9. The van der Waals surface area contributed by atoms with Gasteiger partial charge in [0, 0.05) is 11.3 Å². The van der Waals surface area contributed by atoms with Crippen molar-refractivity contribution in [3.8, 4) is 0 Å². The van der Waals surface area contributed by atoms with Crippen molar-refractivity contribution in [2.45, 2.75) is 26.2 Å². The highest BCUT2D eigenvalue weighted by atomic mass is 16.1. The van der Waals surface area contributed by atoms with E-state index < -0.39 is 0 Å². The number of rotatable bonds is 2. The highest BCUT2D eigenvalue weighted by molar-refractivity contribution is 5.93. The topological polar surface area (TPSA) is 96.2 Å². The summed E-state index contributed by atoms with van der Waals surface area (Å²) in [5, 5.41) is 2.97. The van der Waals surface area contributed by atoms with Gasteiger partial charge in [-0.3, -0.25) is 9.78 Å². The first-order valence-corrected chi connectivity index (χ1v) is 6.92. The van der Waals surface area contributed by atoms with Gasteiger partial charge in [0.1, 0.15) is 0 Å². The summed E-state index contributed by atoms with van der Waals surface area (Å²) in [6.45, 7) is 2.01. The van der Waals surface area contributed by atoms with Gasteiger partial charge in [-0.1, -0.05) is 17.7 Å². The van der Waals surface area contributed by atoms with Gasteiger partial charge in [0.05, 0.1) is 5.69 Å². The molecule has 1 aliphatic carbocycles. The Morgan fingerprint density at radius 1 is 1.33 bits per heavy atom. The fraction of sp³-hybridized carbons (Fsp3) is 0.267. The van der Waals surface area contributed by atoms with Gasteiger partial charge in [-0.15, -0.1) is 0 Å². The van der Waals surface area contributed by atoms with Crippen LogP contribution in [0.2, 0.25) is 0 Å². The van der Waals surface area contributed by atoms with Crippen molar-refractivity contribution in [3.63, 3.8) is 0 Å². The van der Waals surface area contributed by atoms with Gasteiger partial charge in [-0.2, -0.15) is 4.99 Å². The molecule has 1 aromatic heterocycles. The minimum Gasteiger partial charge on any atom is -0.369 e. The van der Waals surface area contributed by atoms with Crippen LogP contribution in [0.1, 0.15) is 23.2 Å². The van der Waals surface area contributed by atoms with E-state index in [1.807, 2.05) is 31.2 Å². The lowest BCUT2D eigenvalue weighted by molar-refractivity contribution is 0.898. The van der Waals surface area contributed by atoms with Crippen molar-refractivity contribution in [3.05, 3.63) is 51.4 Å². The number of guanidine groups is 1. The molecule has 3 rings (SSSR count).